The van der Waals surface area contributed by atoms with E-state index < -0.39 is 0 Å². The van der Waals surface area contributed by atoms with E-state index in [2.05, 4.69) is 107 Å². The molecule has 3 aromatic carbocycles. The first-order valence-corrected chi connectivity index (χ1v) is 9.16. The molecule has 3 rings (SSSR count). The second-order valence-corrected chi connectivity index (χ2v) is 7.84. The van der Waals surface area contributed by atoms with Gasteiger partial charge in [-0.25, -0.2) is 0 Å². The first-order chi connectivity index (χ1) is 12.3. The number of hydrogen-bond acceptors (Lipinski definition) is 0. The summed E-state index contributed by atoms with van der Waals surface area (Å²) in [6.07, 6.45) is 0. The quantitative estimate of drug-likeness (QED) is 0.448. The molecular formula is C26H30. The van der Waals surface area contributed by atoms with Gasteiger partial charge >= 0.3 is 0 Å². The number of benzene rings is 3. The lowest BCUT2D eigenvalue weighted by Gasteiger charge is -2.18. The maximum Gasteiger partial charge on any atom is -0.0132 e. The Hall–Kier alpha value is -2.60. The van der Waals surface area contributed by atoms with Gasteiger partial charge in [0.15, 0.2) is 0 Å². The maximum absolute atomic E-state index is 3.93. The van der Waals surface area contributed by atoms with E-state index in [4.69, 9.17) is 0 Å². The summed E-state index contributed by atoms with van der Waals surface area (Å²) in [5.74, 6) is 0. The average Bonchev–Trinajstić information content (AvgIpc) is 2.63. The van der Waals surface area contributed by atoms with Crippen LogP contribution in [0.25, 0.3) is 16.7 Å². The zero-order chi connectivity index (χ0) is 19.2. The Morgan fingerprint density at radius 3 is 1.65 bits per heavy atom. The van der Waals surface area contributed by atoms with Crippen LogP contribution in [0.3, 0.4) is 0 Å². The van der Waals surface area contributed by atoms with Gasteiger partial charge in [-0.15, -0.1) is 0 Å². The van der Waals surface area contributed by atoms with Gasteiger partial charge in [-0.05, 0) is 41.5 Å². The highest BCUT2D eigenvalue weighted by Crippen LogP contribution is 2.22. The van der Waals surface area contributed by atoms with E-state index >= 15 is 0 Å². The number of hydrogen-bond donors (Lipinski definition) is 0. The molecule has 26 heavy (non-hydrogen) atoms. The second kappa shape index (κ2) is 8.67. The fourth-order valence-corrected chi connectivity index (χ4v) is 2.63. The fraction of sp³-hybridized carbons (Fsp3) is 0.231. The molecule has 134 valence electrons. The lowest BCUT2D eigenvalue weighted by molar-refractivity contribution is 0.590. The van der Waals surface area contributed by atoms with Crippen molar-refractivity contribution in [3.05, 3.63) is 102 Å². The van der Waals surface area contributed by atoms with Crippen LogP contribution >= 0.6 is 0 Å². The average molecular weight is 343 g/mol. The summed E-state index contributed by atoms with van der Waals surface area (Å²) in [4.78, 5) is 0. The minimum absolute atomic E-state index is 0.285. The van der Waals surface area contributed by atoms with Crippen molar-refractivity contribution >= 4 is 5.57 Å². The Bertz CT molecular complexity index is 814. The van der Waals surface area contributed by atoms with Gasteiger partial charge in [0.05, 0.1) is 0 Å². The molecule has 0 heteroatoms. The minimum atomic E-state index is 0.285. The third-order valence-corrected chi connectivity index (χ3v) is 4.40. The third kappa shape index (κ3) is 5.74. The standard InChI is InChI=1S/C15H14.C11H16/c1-12(2)13-8-10-15(11-9-13)14-6-4-3-5-7-14;1-9-5-7-10(8-6-9)11(2,3)4/h3-11H,1H2,2H3;5-8H,1-4H3. The summed E-state index contributed by atoms with van der Waals surface area (Å²) in [6.45, 7) is 14.8. The van der Waals surface area contributed by atoms with Gasteiger partial charge in [-0.2, -0.15) is 0 Å². The Balaban J connectivity index is 0.000000197. The van der Waals surface area contributed by atoms with Crippen molar-refractivity contribution in [1.82, 2.24) is 0 Å². The van der Waals surface area contributed by atoms with Crippen molar-refractivity contribution in [3.63, 3.8) is 0 Å². The van der Waals surface area contributed by atoms with Crippen molar-refractivity contribution in [2.45, 2.75) is 40.0 Å². The predicted octanol–water partition coefficient (Wildman–Crippen LogP) is 7.68. The van der Waals surface area contributed by atoms with E-state index in [-0.39, 0.29) is 5.41 Å². The third-order valence-electron chi connectivity index (χ3n) is 4.40. The normalized spacial score (nSPS) is 10.7. The predicted molar refractivity (Wildman–Crippen MR) is 116 cm³/mol. The molecule has 0 saturated heterocycles. The zero-order valence-electron chi connectivity index (χ0n) is 16.7. The number of aryl methyl sites for hydroxylation is 1. The highest BCUT2D eigenvalue weighted by Gasteiger charge is 2.11. The van der Waals surface area contributed by atoms with Gasteiger partial charge in [0.1, 0.15) is 0 Å². The molecule has 0 atom stereocenters. The molecular weight excluding hydrogens is 312 g/mol. The van der Waals surface area contributed by atoms with Crippen LogP contribution in [0.4, 0.5) is 0 Å². The highest BCUT2D eigenvalue weighted by molar-refractivity contribution is 5.68. The molecule has 0 fully saturated rings. The topological polar surface area (TPSA) is 0 Å². The minimum Gasteiger partial charge on any atom is -0.0955 e. The second-order valence-electron chi connectivity index (χ2n) is 7.84. The van der Waals surface area contributed by atoms with E-state index in [0.717, 1.165) is 5.57 Å². The van der Waals surface area contributed by atoms with Crippen molar-refractivity contribution < 1.29 is 0 Å². The van der Waals surface area contributed by atoms with Crippen molar-refractivity contribution in [3.8, 4) is 11.1 Å². The summed E-state index contributed by atoms with van der Waals surface area (Å²) < 4.78 is 0. The van der Waals surface area contributed by atoms with Crippen LogP contribution in [0.15, 0.2) is 85.4 Å². The van der Waals surface area contributed by atoms with E-state index in [9.17, 15) is 0 Å². The molecule has 0 bridgehead atoms. The first kappa shape index (κ1) is 19.7. The van der Waals surface area contributed by atoms with Gasteiger partial charge in [-0.3, -0.25) is 0 Å². The molecule has 0 saturated carbocycles. The summed E-state index contributed by atoms with van der Waals surface area (Å²) in [5.41, 5.74) is 7.84. The smallest absolute Gasteiger partial charge is 0.0132 e. The van der Waals surface area contributed by atoms with Crippen LogP contribution in [0.5, 0.6) is 0 Å². The molecule has 0 amide bonds. The van der Waals surface area contributed by atoms with E-state index in [1.54, 1.807) is 0 Å². The molecule has 0 aliphatic heterocycles. The molecule has 0 aliphatic rings. The first-order valence-electron chi connectivity index (χ1n) is 9.16. The fourth-order valence-electron chi connectivity index (χ4n) is 2.63. The van der Waals surface area contributed by atoms with Crippen LogP contribution in [0.1, 0.15) is 44.4 Å². The van der Waals surface area contributed by atoms with Crippen LogP contribution in [-0.2, 0) is 5.41 Å². The van der Waals surface area contributed by atoms with Gasteiger partial charge < -0.3 is 0 Å². The molecule has 0 unspecified atom stereocenters. The summed E-state index contributed by atoms with van der Waals surface area (Å²) in [5, 5.41) is 0. The summed E-state index contributed by atoms with van der Waals surface area (Å²) in [7, 11) is 0. The molecule has 0 radical (unpaired) electrons. The molecule has 0 heterocycles. The molecule has 3 aromatic rings. The Morgan fingerprint density at radius 1 is 0.692 bits per heavy atom. The van der Waals surface area contributed by atoms with Gasteiger partial charge in [0, 0.05) is 0 Å². The number of allylic oxidation sites excluding steroid dienone is 1. The molecule has 0 spiro atoms. The lowest BCUT2D eigenvalue weighted by Crippen LogP contribution is -2.10. The Labute approximate surface area is 159 Å². The molecule has 0 nitrogen and oxygen atoms in total. The molecule has 0 aliphatic carbocycles. The lowest BCUT2D eigenvalue weighted by atomic mass is 9.87. The Kier molecular flexibility index (Phi) is 6.58. The van der Waals surface area contributed by atoms with Crippen LogP contribution in [0, 0.1) is 6.92 Å². The summed E-state index contributed by atoms with van der Waals surface area (Å²) in [6, 6.07) is 27.6. The van der Waals surface area contributed by atoms with Crippen LogP contribution in [0.2, 0.25) is 0 Å². The van der Waals surface area contributed by atoms with Crippen LogP contribution < -0.4 is 0 Å². The SMILES string of the molecule is C=C(C)c1ccc(-c2ccccc2)cc1.Cc1ccc(C(C)(C)C)cc1. The van der Waals surface area contributed by atoms with Gasteiger partial charge in [-0.1, -0.05) is 117 Å². The maximum atomic E-state index is 3.93. The van der Waals surface area contributed by atoms with E-state index in [1.165, 1.54) is 27.8 Å². The molecule has 0 N–H and O–H groups in total. The van der Waals surface area contributed by atoms with E-state index in [0.29, 0.717) is 0 Å². The van der Waals surface area contributed by atoms with E-state index in [1.807, 2.05) is 13.0 Å². The van der Waals surface area contributed by atoms with Crippen molar-refractivity contribution in [1.29, 1.82) is 0 Å². The monoisotopic (exact) mass is 342 g/mol. The zero-order valence-corrected chi connectivity index (χ0v) is 16.7. The summed E-state index contributed by atoms with van der Waals surface area (Å²) >= 11 is 0. The van der Waals surface area contributed by atoms with Gasteiger partial charge in [0.25, 0.3) is 0 Å². The van der Waals surface area contributed by atoms with Crippen LogP contribution in [-0.4, -0.2) is 0 Å². The van der Waals surface area contributed by atoms with Crippen molar-refractivity contribution in [2.24, 2.45) is 0 Å². The van der Waals surface area contributed by atoms with Gasteiger partial charge in [0.2, 0.25) is 0 Å². The molecule has 0 aromatic heterocycles. The largest absolute Gasteiger partial charge is 0.0955 e. The van der Waals surface area contributed by atoms with Crippen molar-refractivity contribution in [2.75, 3.05) is 0 Å². The highest BCUT2D eigenvalue weighted by atomic mass is 14.2. The Morgan fingerprint density at radius 2 is 1.19 bits per heavy atom. The number of rotatable bonds is 2.